The molecule has 0 bridgehead atoms. The van der Waals surface area contributed by atoms with Gasteiger partial charge in [0.15, 0.2) is 0 Å². The smallest absolute Gasteiger partial charge is 0.124 e. The molecule has 17 heavy (non-hydrogen) atoms. The van der Waals surface area contributed by atoms with Crippen LogP contribution in [0.25, 0.3) is 11.4 Å². The maximum absolute atomic E-state index is 10.9. The first-order valence-electron chi connectivity index (χ1n) is 4.82. The van der Waals surface area contributed by atoms with Crippen LogP contribution in [-0.4, -0.2) is 22.9 Å². The molecule has 0 aliphatic heterocycles. The van der Waals surface area contributed by atoms with Crippen molar-refractivity contribution in [2.45, 2.75) is 11.8 Å². The summed E-state index contributed by atoms with van der Waals surface area (Å²) in [5.74, 6) is 0. The third kappa shape index (κ3) is 2.66. The van der Waals surface area contributed by atoms with Crippen molar-refractivity contribution in [1.29, 1.82) is 0 Å². The van der Waals surface area contributed by atoms with Crippen LogP contribution in [0.5, 0.6) is 0 Å². The maximum Gasteiger partial charge on any atom is 0.124 e. The van der Waals surface area contributed by atoms with Crippen molar-refractivity contribution in [1.82, 2.24) is 9.97 Å². The molecular weight excluding hydrogens is 240 g/mol. The van der Waals surface area contributed by atoms with Crippen molar-refractivity contribution in [3.63, 3.8) is 0 Å². The number of hydrogen-bond acceptors (Lipinski definition) is 5. The van der Waals surface area contributed by atoms with E-state index in [2.05, 4.69) is 9.97 Å². The molecule has 6 heteroatoms. The molecule has 2 rings (SSSR count). The van der Waals surface area contributed by atoms with Gasteiger partial charge in [-0.05, 0) is 36.8 Å². The molecule has 0 aromatic carbocycles. The Labute approximate surface area is 98.9 Å². The molecule has 0 N–H and O–H groups in total. The van der Waals surface area contributed by atoms with Crippen molar-refractivity contribution in [3.05, 3.63) is 42.2 Å². The zero-order valence-electron chi connectivity index (χ0n) is 8.99. The van der Waals surface area contributed by atoms with Gasteiger partial charge in [0.1, 0.15) is 10.1 Å². The monoisotopic (exact) mass is 249 g/mol. The normalized spacial score (nSPS) is 11.4. The van der Waals surface area contributed by atoms with Gasteiger partial charge >= 0.3 is 0 Å². The van der Waals surface area contributed by atoms with E-state index in [-0.39, 0.29) is 4.90 Å². The predicted molar refractivity (Wildman–Crippen MR) is 60.2 cm³/mol. The van der Waals surface area contributed by atoms with Gasteiger partial charge in [0, 0.05) is 12.4 Å². The molecule has 0 fully saturated rings. The first-order valence-corrected chi connectivity index (χ1v) is 6.22. The molecule has 5 nitrogen and oxygen atoms in total. The van der Waals surface area contributed by atoms with Crippen LogP contribution in [0, 0.1) is 6.92 Å². The summed E-state index contributed by atoms with van der Waals surface area (Å²) >= 11 is 0. The molecule has 0 unspecified atom stereocenters. The SMILES string of the molecule is Cc1ccnc(-c2cc(S(=O)(=O)[O-])ccn2)c1. The summed E-state index contributed by atoms with van der Waals surface area (Å²) in [6.07, 6.45) is 2.88. The highest BCUT2D eigenvalue weighted by molar-refractivity contribution is 7.85. The average Bonchev–Trinajstić information content (AvgIpc) is 2.28. The Bertz CT molecular complexity index is 653. The number of hydrogen-bond donors (Lipinski definition) is 0. The Hall–Kier alpha value is -1.79. The molecule has 0 spiro atoms. The first kappa shape index (κ1) is 11.7. The molecular formula is C11H9N2O3S-. The van der Waals surface area contributed by atoms with Crippen LogP contribution in [0.1, 0.15) is 5.56 Å². The number of aryl methyl sites for hydroxylation is 1. The Kier molecular flexibility index (Phi) is 2.91. The Morgan fingerprint density at radius 2 is 1.65 bits per heavy atom. The van der Waals surface area contributed by atoms with E-state index in [4.69, 9.17) is 0 Å². The van der Waals surface area contributed by atoms with Gasteiger partial charge in [0.2, 0.25) is 0 Å². The fraction of sp³-hybridized carbons (Fsp3) is 0.0909. The molecule has 2 aromatic heterocycles. The molecule has 0 saturated carbocycles. The topological polar surface area (TPSA) is 83.0 Å². The van der Waals surface area contributed by atoms with Gasteiger partial charge in [0.05, 0.1) is 16.3 Å². The lowest BCUT2D eigenvalue weighted by molar-refractivity contribution is 0.463. The van der Waals surface area contributed by atoms with Crippen molar-refractivity contribution >= 4 is 10.1 Å². The minimum Gasteiger partial charge on any atom is -0.744 e. The molecule has 0 aliphatic carbocycles. The summed E-state index contributed by atoms with van der Waals surface area (Å²) < 4.78 is 32.6. The second-order valence-corrected chi connectivity index (χ2v) is 4.93. The Balaban J connectivity index is 2.54. The van der Waals surface area contributed by atoms with Gasteiger partial charge in [-0.1, -0.05) is 0 Å². The van der Waals surface area contributed by atoms with Gasteiger partial charge in [-0.3, -0.25) is 9.97 Å². The highest BCUT2D eigenvalue weighted by Gasteiger charge is 2.06. The highest BCUT2D eigenvalue weighted by Crippen LogP contribution is 2.18. The van der Waals surface area contributed by atoms with E-state index in [1.807, 2.05) is 13.0 Å². The van der Waals surface area contributed by atoms with Gasteiger partial charge < -0.3 is 4.55 Å². The summed E-state index contributed by atoms with van der Waals surface area (Å²) in [5.41, 5.74) is 1.88. The van der Waals surface area contributed by atoms with E-state index in [0.29, 0.717) is 11.4 Å². The molecule has 0 saturated heterocycles. The molecule has 0 radical (unpaired) electrons. The molecule has 2 heterocycles. The van der Waals surface area contributed by atoms with Crippen molar-refractivity contribution in [2.24, 2.45) is 0 Å². The van der Waals surface area contributed by atoms with E-state index in [0.717, 1.165) is 5.56 Å². The molecule has 0 atom stereocenters. The van der Waals surface area contributed by atoms with Gasteiger partial charge in [-0.2, -0.15) is 0 Å². The van der Waals surface area contributed by atoms with Crippen LogP contribution in [-0.2, 0) is 10.1 Å². The van der Waals surface area contributed by atoms with E-state index in [9.17, 15) is 13.0 Å². The standard InChI is InChI=1S/C11H10N2O3S/c1-8-2-4-12-10(6-8)11-7-9(3-5-13-11)17(14,15)16/h2-7H,1H3,(H,14,15,16)/p-1. The Morgan fingerprint density at radius 3 is 2.24 bits per heavy atom. The average molecular weight is 249 g/mol. The highest BCUT2D eigenvalue weighted by atomic mass is 32.2. The lowest BCUT2D eigenvalue weighted by atomic mass is 10.2. The van der Waals surface area contributed by atoms with Gasteiger partial charge in [-0.15, -0.1) is 0 Å². The number of pyridine rings is 2. The van der Waals surface area contributed by atoms with Crippen LogP contribution < -0.4 is 0 Å². The van der Waals surface area contributed by atoms with Crippen LogP contribution in [0.3, 0.4) is 0 Å². The summed E-state index contributed by atoms with van der Waals surface area (Å²) in [7, 11) is -4.46. The molecule has 0 amide bonds. The minimum atomic E-state index is -4.46. The van der Waals surface area contributed by atoms with Gasteiger partial charge in [0.25, 0.3) is 0 Å². The number of nitrogens with zero attached hydrogens (tertiary/aromatic N) is 2. The summed E-state index contributed by atoms with van der Waals surface area (Å²) in [6, 6.07) is 5.98. The molecule has 2 aromatic rings. The Morgan fingerprint density at radius 1 is 1.06 bits per heavy atom. The van der Waals surface area contributed by atoms with E-state index in [1.165, 1.54) is 18.3 Å². The van der Waals surface area contributed by atoms with Crippen molar-refractivity contribution < 1.29 is 13.0 Å². The van der Waals surface area contributed by atoms with Crippen LogP contribution in [0.4, 0.5) is 0 Å². The van der Waals surface area contributed by atoms with E-state index < -0.39 is 10.1 Å². The minimum absolute atomic E-state index is 0.300. The lowest BCUT2D eigenvalue weighted by Crippen LogP contribution is -1.99. The zero-order chi connectivity index (χ0) is 12.5. The van der Waals surface area contributed by atoms with Gasteiger partial charge in [-0.25, -0.2) is 8.42 Å². The van der Waals surface area contributed by atoms with E-state index in [1.54, 1.807) is 12.3 Å². The fourth-order valence-electron chi connectivity index (χ4n) is 1.38. The van der Waals surface area contributed by atoms with Crippen LogP contribution >= 0.6 is 0 Å². The molecule has 0 aliphatic rings. The second-order valence-electron chi connectivity index (χ2n) is 3.55. The van der Waals surface area contributed by atoms with Crippen molar-refractivity contribution in [3.8, 4) is 11.4 Å². The fourth-order valence-corrected chi connectivity index (χ4v) is 1.87. The summed E-state index contributed by atoms with van der Waals surface area (Å²) in [5, 5.41) is 0. The third-order valence-corrected chi connectivity index (χ3v) is 3.03. The second kappa shape index (κ2) is 4.23. The first-order chi connectivity index (χ1) is 7.97. The summed E-state index contributed by atoms with van der Waals surface area (Å²) in [6.45, 7) is 1.89. The number of aromatic nitrogens is 2. The summed E-state index contributed by atoms with van der Waals surface area (Å²) in [4.78, 5) is 7.77. The third-order valence-electron chi connectivity index (χ3n) is 2.20. The van der Waals surface area contributed by atoms with Crippen LogP contribution in [0.2, 0.25) is 0 Å². The van der Waals surface area contributed by atoms with Crippen LogP contribution in [0.15, 0.2) is 41.6 Å². The maximum atomic E-state index is 10.9. The lowest BCUT2D eigenvalue weighted by Gasteiger charge is -2.08. The van der Waals surface area contributed by atoms with Crippen molar-refractivity contribution in [2.75, 3.05) is 0 Å². The molecule has 88 valence electrons. The quantitative estimate of drug-likeness (QED) is 0.750. The van der Waals surface area contributed by atoms with E-state index >= 15 is 0 Å². The number of rotatable bonds is 2. The largest absolute Gasteiger partial charge is 0.744 e. The zero-order valence-corrected chi connectivity index (χ0v) is 9.81. The predicted octanol–water partition coefficient (Wildman–Crippen LogP) is 1.36.